The van der Waals surface area contributed by atoms with Crippen molar-refractivity contribution in [2.45, 2.75) is 32.8 Å². The van der Waals surface area contributed by atoms with Gasteiger partial charge in [0.1, 0.15) is 0 Å². The molecule has 0 saturated carbocycles. The van der Waals surface area contributed by atoms with Crippen molar-refractivity contribution in [2.24, 2.45) is 0 Å². The lowest BCUT2D eigenvalue weighted by Gasteiger charge is -2.33. The summed E-state index contributed by atoms with van der Waals surface area (Å²) in [5, 5.41) is 3.18. The van der Waals surface area contributed by atoms with Gasteiger partial charge in [-0.2, -0.15) is 0 Å². The Morgan fingerprint density at radius 1 is 1.41 bits per heavy atom. The number of hydrogen-bond acceptors (Lipinski definition) is 3. The third-order valence-corrected chi connectivity index (χ3v) is 3.66. The highest BCUT2D eigenvalue weighted by Gasteiger charge is 2.25. The average Bonchev–Trinajstić information content (AvgIpc) is 2.27. The molecule has 0 aliphatic carbocycles. The Morgan fingerprint density at radius 2 is 2.06 bits per heavy atom. The van der Waals surface area contributed by atoms with Crippen molar-refractivity contribution in [3.8, 4) is 0 Å². The normalized spacial score (nSPS) is 21.3. The summed E-state index contributed by atoms with van der Waals surface area (Å²) < 4.78 is 5.59. The van der Waals surface area contributed by atoms with Gasteiger partial charge in [0, 0.05) is 38.4 Å². The third kappa shape index (κ3) is 2.87. The summed E-state index contributed by atoms with van der Waals surface area (Å²) in [6.45, 7) is 8.18. The van der Waals surface area contributed by atoms with Crippen LogP contribution in [0.1, 0.15) is 26.7 Å². The van der Waals surface area contributed by atoms with Gasteiger partial charge in [0.05, 0.1) is 6.10 Å². The van der Waals surface area contributed by atoms with Crippen LogP contribution in [0.15, 0.2) is 11.1 Å². The molecular formula is C13H22N2O2. The van der Waals surface area contributed by atoms with Crippen LogP contribution in [0, 0.1) is 0 Å². The number of hydrogen-bond donors (Lipinski definition) is 1. The van der Waals surface area contributed by atoms with E-state index < -0.39 is 0 Å². The van der Waals surface area contributed by atoms with Crippen LogP contribution in [0.3, 0.4) is 0 Å². The molecule has 2 aliphatic heterocycles. The van der Waals surface area contributed by atoms with Crippen LogP contribution >= 0.6 is 0 Å². The molecule has 0 bridgehead atoms. The topological polar surface area (TPSA) is 41.6 Å². The summed E-state index contributed by atoms with van der Waals surface area (Å²) in [6, 6.07) is 0. The lowest BCUT2D eigenvalue weighted by molar-refractivity contribution is -0.129. The Labute approximate surface area is 103 Å². The zero-order chi connectivity index (χ0) is 12.3. The van der Waals surface area contributed by atoms with E-state index in [2.05, 4.69) is 5.32 Å². The van der Waals surface area contributed by atoms with Gasteiger partial charge in [-0.05, 0) is 32.3 Å². The van der Waals surface area contributed by atoms with E-state index in [1.165, 1.54) is 5.57 Å². The second-order valence-corrected chi connectivity index (χ2v) is 4.78. The summed E-state index contributed by atoms with van der Waals surface area (Å²) in [4.78, 5) is 14.2. The monoisotopic (exact) mass is 238 g/mol. The zero-order valence-corrected chi connectivity index (χ0v) is 10.8. The van der Waals surface area contributed by atoms with Crippen LogP contribution in [-0.4, -0.2) is 49.7 Å². The van der Waals surface area contributed by atoms with E-state index in [0.29, 0.717) is 6.10 Å². The van der Waals surface area contributed by atoms with Crippen LogP contribution in [0.5, 0.6) is 0 Å². The minimum absolute atomic E-state index is 0.219. The molecule has 0 aromatic carbocycles. The molecule has 17 heavy (non-hydrogen) atoms. The number of nitrogens with zero attached hydrogens (tertiary/aromatic N) is 1. The SMILES string of the molecule is CCOC1CCN(C(=O)C(C)=C2CNC2)CC1. The van der Waals surface area contributed by atoms with E-state index >= 15 is 0 Å². The highest BCUT2D eigenvalue weighted by Crippen LogP contribution is 2.18. The first-order chi connectivity index (χ1) is 8.22. The number of carbonyl (C=O) groups is 1. The molecule has 2 aliphatic rings. The molecule has 1 N–H and O–H groups in total. The number of nitrogens with one attached hydrogen (secondary N) is 1. The second kappa shape index (κ2) is 5.65. The first-order valence-electron chi connectivity index (χ1n) is 6.52. The number of ether oxygens (including phenoxy) is 1. The lowest BCUT2D eigenvalue weighted by atomic mass is 10.0. The highest BCUT2D eigenvalue weighted by molar-refractivity contribution is 5.94. The van der Waals surface area contributed by atoms with Gasteiger partial charge in [-0.1, -0.05) is 0 Å². The van der Waals surface area contributed by atoms with Crippen LogP contribution in [-0.2, 0) is 9.53 Å². The molecular weight excluding hydrogens is 216 g/mol. The Kier molecular flexibility index (Phi) is 4.18. The predicted octanol–water partition coefficient (Wildman–Crippen LogP) is 0.934. The molecule has 0 radical (unpaired) electrons. The first-order valence-corrected chi connectivity index (χ1v) is 6.52. The predicted molar refractivity (Wildman–Crippen MR) is 66.8 cm³/mol. The van der Waals surface area contributed by atoms with Crippen molar-refractivity contribution in [1.29, 1.82) is 0 Å². The Balaban J connectivity index is 1.86. The Bertz CT molecular complexity index is 311. The third-order valence-electron chi connectivity index (χ3n) is 3.66. The fraction of sp³-hybridized carbons (Fsp3) is 0.769. The number of likely N-dealkylation sites (tertiary alicyclic amines) is 1. The number of amides is 1. The van der Waals surface area contributed by atoms with E-state index in [9.17, 15) is 4.79 Å². The zero-order valence-electron chi connectivity index (χ0n) is 10.8. The summed E-state index contributed by atoms with van der Waals surface area (Å²) in [6.07, 6.45) is 2.29. The van der Waals surface area contributed by atoms with Crippen molar-refractivity contribution < 1.29 is 9.53 Å². The molecule has 0 aromatic heterocycles. The van der Waals surface area contributed by atoms with Gasteiger partial charge in [-0.15, -0.1) is 0 Å². The molecule has 2 heterocycles. The lowest BCUT2D eigenvalue weighted by Crippen LogP contribution is -2.43. The van der Waals surface area contributed by atoms with Crippen LogP contribution in [0.2, 0.25) is 0 Å². The van der Waals surface area contributed by atoms with E-state index in [-0.39, 0.29) is 5.91 Å². The van der Waals surface area contributed by atoms with Gasteiger partial charge in [-0.25, -0.2) is 0 Å². The molecule has 0 spiro atoms. The molecule has 0 aromatic rings. The fourth-order valence-corrected chi connectivity index (χ4v) is 2.36. The number of piperidine rings is 1. The van der Waals surface area contributed by atoms with E-state index in [1.807, 2.05) is 18.7 Å². The van der Waals surface area contributed by atoms with Gasteiger partial charge < -0.3 is 15.0 Å². The Morgan fingerprint density at radius 3 is 2.53 bits per heavy atom. The molecule has 4 nitrogen and oxygen atoms in total. The van der Waals surface area contributed by atoms with E-state index in [4.69, 9.17) is 4.74 Å². The molecule has 2 rings (SSSR count). The van der Waals surface area contributed by atoms with Crippen LogP contribution in [0.25, 0.3) is 0 Å². The maximum Gasteiger partial charge on any atom is 0.249 e. The number of rotatable bonds is 3. The molecule has 96 valence electrons. The second-order valence-electron chi connectivity index (χ2n) is 4.78. The largest absolute Gasteiger partial charge is 0.378 e. The molecule has 0 atom stereocenters. The van der Waals surface area contributed by atoms with E-state index in [0.717, 1.165) is 51.2 Å². The molecule has 1 amide bonds. The summed E-state index contributed by atoms with van der Waals surface area (Å²) in [5.41, 5.74) is 2.21. The average molecular weight is 238 g/mol. The van der Waals surface area contributed by atoms with Crippen molar-refractivity contribution in [1.82, 2.24) is 10.2 Å². The summed E-state index contributed by atoms with van der Waals surface area (Å²) >= 11 is 0. The summed E-state index contributed by atoms with van der Waals surface area (Å²) in [7, 11) is 0. The molecule has 0 unspecified atom stereocenters. The van der Waals surface area contributed by atoms with Crippen molar-refractivity contribution in [2.75, 3.05) is 32.8 Å². The van der Waals surface area contributed by atoms with E-state index in [1.54, 1.807) is 0 Å². The summed E-state index contributed by atoms with van der Waals surface area (Å²) in [5.74, 6) is 0.219. The maximum absolute atomic E-state index is 12.2. The van der Waals surface area contributed by atoms with Crippen LogP contribution in [0.4, 0.5) is 0 Å². The van der Waals surface area contributed by atoms with Crippen molar-refractivity contribution >= 4 is 5.91 Å². The van der Waals surface area contributed by atoms with Gasteiger partial charge >= 0.3 is 0 Å². The van der Waals surface area contributed by atoms with Gasteiger partial charge in [0.15, 0.2) is 0 Å². The minimum atomic E-state index is 0.219. The van der Waals surface area contributed by atoms with Crippen LogP contribution < -0.4 is 5.32 Å². The fourth-order valence-electron chi connectivity index (χ4n) is 2.36. The highest BCUT2D eigenvalue weighted by atomic mass is 16.5. The first kappa shape index (κ1) is 12.6. The molecule has 4 heteroatoms. The van der Waals surface area contributed by atoms with Gasteiger partial charge in [0.2, 0.25) is 5.91 Å². The number of carbonyl (C=O) groups excluding carboxylic acids is 1. The van der Waals surface area contributed by atoms with Gasteiger partial charge in [-0.3, -0.25) is 4.79 Å². The smallest absolute Gasteiger partial charge is 0.249 e. The molecule has 2 fully saturated rings. The van der Waals surface area contributed by atoms with Crippen molar-refractivity contribution in [3.05, 3.63) is 11.1 Å². The Hall–Kier alpha value is -0.870. The molecule has 2 saturated heterocycles. The van der Waals surface area contributed by atoms with Gasteiger partial charge in [0.25, 0.3) is 0 Å². The van der Waals surface area contributed by atoms with Crippen molar-refractivity contribution in [3.63, 3.8) is 0 Å². The minimum Gasteiger partial charge on any atom is -0.378 e. The quantitative estimate of drug-likeness (QED) is 0.744. The standard InChI is InChI=1S/C13H22N2O2/c1-3-17-12-4-6-15(7-5-12)13(16)10(2)11-8-14-9-11/h12,14H,3-9H2,1-2H3. The maximum atomic E-state index is 12.2.